The third-order valence-corrected chi connectivity index (χ3v) is 8.33. The van der Waals surface area contributed by atoms with E-state index in [1.54, 1.807) is 30.4 Å². The maximum atomic E-state index is 13.5. The first kappa shape index (κ1) is 29.5. The van der Waals surface area contributed by atoms with E-state index >= 15 is 0 Å². The molecule has 0 aliphatic heterocycles. The maximum absolute atomic E-state index is 13.5. The van der Waals surface area contributed by atoms with Gasteiger partial charge >= 0.3 is 0 Å². The molecule has 0 saturated heterocycles. The van der Waals surface area contributed by atoms with Crippen molar-refractivity contribution in [3.63, 3.8) is 0 Å². The van der Waals surface area contributed by atoms with Gasteiger partial charge in [0.2, 0.25) is 17.8 Å². The summed E-state index contributed by atoms with van der Waals surface area (Å²) >= 11 is 0. The Balaban J connectivity index is 1.18. The number of nitrogens with one attached hydrogen (secondary N) is 2. The highest BCUT2D eigenvalue weighted by molar-refractivity contribution is 6.27. The van der Waals surface area contributed by atoms with Crippen LogP contribution in [0.3, 0.4) is 0 Å². The first-order valence-electron chi connectivity index (χ1n) is 15.6. The van der Waals surface area contributed by atoms with Gasteiger partial charge in [-0.3, -0.25) is 4.79 Å². The predicted octanol–water partition coefficient (Wildman–Crippen LogP) is 7.34. The molecule has 0 atom stereocenters. The number of rotatable bonds is 10. The molecule has 0 spiro atoms. The topological polar surface area (TPSA) is 134 Å². The third-order valence-electron chi connectivity index (χ3n) is 8.33. The summed E-state index contributed by atoms with van der Waals surface area (Å²) in [4.78, 5) is 31.1. The Morgan fingerprint density at radius 3 is 2.22 bits per heavy atom. The van der Waals surface area contributed by atoms with Crippen molar-refractivity contribution in [2.24, 2.45) is 0 Å². The van der Waals surface area contributed by atoms with Crippen molar-refractivity contribution in [2.45, 2.75) is 0 Å². The van der Waals surface area contributed by atoms with Gasteiger partial charge in [0.25, 0.3) is 0 Å². The fourth-order valence-electron chi connectivity index (χ4n) is 6.14. The van der Waals surface area contributed by atoms with E-state index in [1.807, 2.05) is 83.8 Å². The zero-order valence-electron chi connectivity index (χ0n) is 26.2. The molecule has 1 aliphatic carbocycles. The van der Waals surface area contributed by atoms with Crippen LogP contribution in [0, 0.1) is 0 Å². The van der Waals surface area contributed by atoms with Gasteiger partial charge < -0.3 is 20.6 Å². The Hall–Kier alpha value is -6.88. The molecule has 5 aromatic carbocycles. The number of ketones is 1. The Morgan fingerprint density at radius 1 is 0.714 bits per heavy atom. The van der Waals surface area contributed by atoms with E-state index in [2.05, 4.69) is 34.0 Å². The summed E-state index contributed by atoms with van der Waals surface area (Å²) < 4.78 is 0. The van der Waals surface area contributed by atoms with Crippen LogP contribution in [0.1, 0.15) is 15.9 Å². The minimum Gasteiger partial charge on any atom is -0.506 e. The molecule has 238 valence electrons. The molecule has 11 nitrogen and oxygen atoms in total. The van der Waals surface area contributed by atoms with E-state index < -0.39 is 0 Å². The molecule has 0 saturated carbocycles. The van der Waals surface area contributed by atoms with Crippen LogP contribution in [0.25, 0.3) is 38.6 Å². The van der Waals surface area contributed by atoms with E-state index in [1.165, 1.54) is 4.80 Å². The summed E-state index contributed by atoms with van der Waals surface area (Å²) in [6.45, 7) is 8.76. The number of benzene rings is 5. The normalized spacial score (nSPS) is 11.7. The molecule has 0 unspecified atom stereocenters. The Morgan fingerprint density at radius 2 is 1.43 bits per heavy atom. The second kappa shape index (κ2) is 12.0. The molecule has 11 heteroatoms. The number of carbonyl (C=O) groups is 1. The highest BCUT2D eigenvalue weighted by atomic mass is 16.3. The van der Waals surface area contributed by atoms with Gasteiger partial charge in [-0.25, -0.2) is 0 Å². The van der Waals surface area contributed by atoms with Crippen molar-refractivity contribution in [1.82, 2.24) is 29.9 Å². The first-order chi connectivity index (χ1) is 24.0. The van der Waals surface area contributed by atoms with Crippen molar-refractivity contribution < 1.29 is 9.90 Å². The summed E-state index contributed by atoms with van der Waals surface area (Å²) in [5.41, 5.74) is 6.44. The van der Waals surface area contributed by atoms with Crippen LogP contribution in [0.15, 0.2) is 122 Å². The number of aromatic hydroxyl groups is 1. The van der Waals surface area contributed by atoms with E-state index in [0.717, 1.165) is 27.6 Å². The number of para-hydroxylation sites is 2. The van der Waals surface area contributed by atoms with Crippen LogP contribution in [0.2, 0.25) is 0 Å². The lowest BCUT2D eigenvalue weighted by Gasteiger charge is -2.22. The SMILES string of the molecule is C=CCN(CC=C)c1nc(Nc2ccc3nn(-c4ccccc4O)nc3c2)nc(Nc2ccc3c4c(cccc24)C(=O)c2ccccc2-3)n1. The van der Waals surface area contributed by atoms with Crippen LogP contribution >= 0.6 is 0 Å². The second-order valence-corrected chi connectivity index (χ2v) is 11.5. The standard InChI is InChI=1S/C38H29N9O2/c1-3-20-46(21-4-2)38-42-36(39-23-16-18-30-31(22-23)45-47(44-30)32-14-7-8-15-33(32)48)41-37(43-38)40-29-19-17-25-24-10-5-6-11-26(24)35(49)28-13-9-12-27(29)34(25)28/h3-19,22,48H,1-2,20-21H2,(H2,39,40,41,42,43). The molecule has 49 heavy (non-hydrogen) atoms. The summed E-state index contributed by atoms with van der Waals surface area (Å²) in [5, 5.41) is 27.9. The molecule has 2 aromatic heterocycles. The molecule has 3 N–H and O–H groups in total. The summed E-state index contributed by atoms with van der Waals surface area (Å²) in [7, 11) is 0. The molecular weight excluding hydrogens is 614 g/mol. The lowest BCUT2D eigenvalue weighted by atomic mass is 9.82. The zero-order chi connectivity index (χ0) is 33.5. The minimum atomic E-state index is 0.00171. The maximum Gasteiger partial charge on any atom is 0.233 e. The van der Waals surface area contributed by atoms with Crippen LogP contribution in [-0.4, -0.2) is 53.9 Å². The smallest absolute Gasteiger partial charge is 0.233 e. The summed E-state index contributed by atoms with van der Waals surface area (Å²) in [6, 6.07) is 29.9. The van der Waals surface area contributed by atoms with Gasteiger partial charge in [-0.05, 0) is 47.5 Å². The van der Waals surface area contributed by atoms with Crippen LogP contribution in [0.4, 0.5) is 29.2 Å². The van der Waals surface area contributed by atoms with Crippen molar-refractivity contribution in [1.29, 1.82) is 0 Å². The fraction of sp³-hybridized carbons (Fsp3) is 0.0526. The zero-order valence-corrected chi connectivity index (χ0v) is 26.2. The number of anilines is 5. The van der Waals surface area contributed by atoms with Crippen LogP contribution in [-0.2, 0) is 0 Å². The van der Waals surface area contributed by atoms with Gasteiger partial charge in [0, 0.05) is 46.4 Å². The fourth-order valence-corrected chi connectivity index (χ4v) is 6.14. The molecule has 2 heterocycles. The Kier molecular flexibility index (Phi) is 7.26. The molecule has 1 aliphatic rings. The van der Waals surface area contributed by atoms with E-state index in [-0.39, 0.29) is 11.5 Å². The lowest BCUT2D eigenvalue weighted by molar-refractivity contribution is 0.104. The first-order valence-corrected chi connectivity index (χ1v) is 15.6. The van der Waals surface area contributed by atoms with Gasteiger partial charge in [-0.15, -0.1) is 28.2 Å². The molecule has 0 fully saturated rings. The molecule has 0 amide bonds. The van der Waals surface area contributed by atoms with Gasteiger partial charge in [-0.1, -0.05) is 72.8 Å². The molecule has 0 radical (unpaired) electrons. The lowest BCUT2D eigenvalue weighted by Crippen LogP contribution is -2.26. The average Bonchev–Trinajstić information content (AvgIpc) is 3.54. The van der Waals surface area contributed by atoms with E-state index in [4.69, 9.17) is 15.0 Å². The van der Waals surface area contributed by atoms with Gasteiger partial charge in [0.05, 0.1) is 0 Å². The number of hydrogen-bond acceptors (Lipinski definition) is 10. The second-order valence-electron chi connectivity index (χ2n) is 11.5. The number of phenols is 1. The highest BCUT2D eigenvalue weighted by Crippen LogP contribution is 2.42. The van der Waals surface area contributed by atoms with Gasteiger partial charge in [0.15, 0.2) is 5.78 Å². The van der Waals surface area contributed by atoms with Gasteiger partial charge in [-0.2, -0.15) is 15.0 Å². The predicted molar refractivity (Wildman–Crippen MR) is 192 cm³/mol. The molecule has 8 rings (SSSR count). The van der Waals surface area contributed by atoms with E-state index in [9.17, 15) is 9.90 Å². The average molecular weight is 644 g/mol. The number of nitrogens with zero attached hydrogens (tertiary/aromatic N) is 7. The molecule has 0 bridgehead atoms. The van der Waals surface area contributed by atoms with Gasteiger partial charge in [0.1, 0.15) is 22.5 Å². The summed E-state index contributed by atoms with van der Waals surface area (Å²) in [6.07, 6.45) is 3.55. The van der Waals surface area contributed by atoms with Crippen molar-refractivity contribution >= 4 is 56.8 Å². The largest absolute Gasteiger partial charge is 0.506 e. The number of aromatic nitrogens is 6. The van der Waals surface area contributed by atoms with E-state index in [0.29, 0.717) is 64.5 Å². The number of fused-ring (bicyclic) bond motifs is 3. The Bertz CT molecular complexity index is 2440. The van der Waals surface area contributed by atoms with Crippen LogP contribution < -0.4 is 15.5 Å². The van der Waals surface area contributed by atoms with Crippen LogP contribution in [0.5, 0.6) is 5.75 Å². The summed E-state index contributed by atoms with van der Waals surface area (Å²) in [5.74, 6) is 1.10. The quantitative estimate of drug-likeness (QED) is 0.130. The number of carbonyl (C=O) groups excluding carboxylic acids is 1. The van der Waals surface area contributed by atoms with Crippen molar-refractivity contribution in [3.8, 4) is 22.6 Å². The minimum absolute atomic E-state index is 0.00171. The molecular formula is C38H29N9O2. The highest BCUT2D eigenvalue weighted by Gasteiger charge is 2.26. The van der Waals surface area contributed by atoms with Crippen molar-refractivity contribution in [3.05, 3.63) is 133 Å². The number of hydrogen-bond donors (Lipinski definition) is 3. The molecule has 7 aromatic rings. The third kappa shape index (κ3) is 5.28. The van der Waals surface area contributed by atoms with Crippen molar-refractivity contribution in [2.75, 3.05) is 28.6 Å². The number of phenolic OH excluding ortho intramolecular Hbond substituents is 1. The monoisotopic (exact) mass is 643 g/mol. The Labute approximate surface area is 280 Å².